The molecule has 0 heterocycles. The van der Waals surface area contributed by atoms with E-state index >= 15 is 0 Å². The summed E-state index contributed by atoms with van der Waals surface area (Å²) in [7, 11) is -3.78. The summed E-state index contributed by atoms with van der Waals surface area (Å²) >= 11 is 9.52. The van der Waals surface area contributed by atoms with E-state index in [9.17, 15) is 18.0 Å². The molecule has 2 unspecified atom stereocenters. The molecule has 0 aliphatic rings. The highest BCUT2D eigenvalue weighted by molar-refractivity contribution is 9.10. The molecule has 2 amide bonds. The summed E-state index contributed by atoms with van der Waals surface area (Å²) in [6.07, 6.45) is 1.80. The van der Waals surface area contributed by atoms with Crippen LogP contribution < -0.4 is 9.62 Å². The molecule has 0 spiro atoms. The Balaban J connectivity index is 2.41. The van der Waals surface area contributed by atoms with Gasteiger partial charge in [0.1, 0.15) is 12.6 Å². The summed E-state index contributed by atoms with van der Waals surface area (Å²) in [6.45, 7) is 6.97. The third kappa shape index (κ3) is 7.71. The number of hydrogen-bond donors (Lipinski definition) is 1. The number of amides is 2. The van der Waals surface area contributed by atoms with Crippen molar-refractivity contribution in [2.24, 2.45) is 0 Å². The molecule has 0 fully saturated rings. The van der Waals surface area contributed by atoms with Gasteiger partial charge < -0.3 is 10.2 Å². The van der Waals surface area contributed by atoms with Crippen LogP contribution in [0.15, 0.2) is 46.9 Å². The van der Waals surface area contributed by atoms with Gasteiger partial charge in [0.25, 0.3) is 0 Å². The normalized spacial score (nSPS) is 13.1. The quantitative estimate of drug-likeness (QED) is 0.454. The molecule has 2 atom stereocenters. The fourth-order valence-electron chi connectivity index (χ4n) is 3.28. The zero-order valence-electron chi connectivity index (χ0n) is 20.0. The zero-order chi connectivity index (χ0) is 25.6. The van der Waals surface area contributed by atoms with Crippen molar-refractivity contribution in [2.75, 3.05) is 17.1 Å². The number of benzene rings is 2. The van der Waals surface area contributed by atoms with Crippen LogP contribution in [0.3, 0.4) is 0 Å². The number of hydrogen-bond acceptors (Lipinski definition) is 4. The van der Waals surface area contributed by atoms with Crippen LogP contribution in [0.2, 0.25) is 5.02 Å². The Labute approximate surface area is 215 Å². The Morgan fingerprint density at radius 3 is 2.38 bits per heavy atom. The SMILES string of the molecule is CCC(C)NC(=O)C(C)N(Cc1cccc(Cl)c1)C(=O)CN(c1ccc(Br)c(C)c1)S(C)(=O)=O. The van der Waals surface area contributed by atoms with Gasteiger partial charge in [0.2, 0.25) is 21.8 Å². The van der Waals surface area contributed by atoms with E-state index in [2.05, 4.69) is 21.2 Å². The Morgan fingerprint density at radius 1 is 1.15 bits per heavy atom. The second-order valence-corrected chi connectivity index (χ2v) is 11.5. The largest absolute Gasteiger partial charge is 0.352 e. The minimum absolute atomic E-state index is 0.0590. The van der Waals surface area contributed by atoms with E-state index in [-0.39, 0.29) is 18.5 Å². The number of sulfonamides is 1. The highest BCUT2D eigenvalue weighted by Gasteiger charge is 2.30. The molecule has 2 rings (SSSR count). The van der Waals surface area contributed by atoms with Gasteiger partial charge in [-0.25, -0.2) is 8.42 Å². The summed E-state index contributed by atoms with van der Waals surface area (Å²) < 4.78 is 27.1. The van der Waals surface area contributed by atoms with Crippen molar-refractivity contribution < 1.29 is 18.0 Å². The molecule has 186 valence electrons. The lowest BCUT2D eigenvalue weighted by Gasteiger charge is -2.32. The lowest BCUT2D eigenvalue weighted by molar-refractivity contribution is -0.139. The van der Waals surface area contributed by atoms with Gasteiger partial charge in [-0.05, 0) is 68.7 Å². The van der Waals surface area contributed by atoms with E-state index in [0.29, 0.717) is 10.7 Å². The monoisotopic (exact) mass is 571 g/mol. The number of carbonyl (C=O) groups is 2. The molecule has 0 radical (unpaired) electrons. The molecule has 0 aliphatic carbocycles. The number of nitrogens with zero attached hydrogens (tertiary/aromatic N) is 2. The minimum Gasteiger partial charge on any atom is -0.352 e. The van der Waals surface area contributed by atoms with Crippen LogP contribution in [0.4, 0.5) is 5.69 Å². The number of anilines is 1. The maximum Gasteiger partial charge on any atom is 0.244 e. The van der Waals surface area contributed by atoms with E-state index in [1.54, 1.807) is 49.4 Å². The van der Waals surface area contributed by atoms with Crippen molar-refractivity contribution in [3.05, 3.63) is 63.1 Å². The summed E-state index contributed by atoms with van der Waals surface area (Å²) in [5.41, 5.74) is 1.93. The van der Waals surface area contributed by atoms with Crippen molar-refractivity contribution in [3.8, 4) is 0 Å². The number of rotatable bonds is 10. The molecule has 1 N–H and O–H groups in total. The average molecular weight is 573 g/mol. The summed E-state index contributed by atoms with van der Waals surface area (Å²) in [4.78, 5) is 27.8. The van der Waals surface area contributed by atoms with Crippen LogP contribution in [0.1, 0.15) is 38.3 Å². The average Bonchev–Trinajstić information content (AvgIpc) is 2.76. The summed E-state index contributed by atoms with van der Waals surface area (Å²) in [6, 6.07) is 11.2. The first-order valence-electron chi connectivity index (χ1n) is 10.9. The zero-order valence-corrected chi connectivity index (χ0v) is 23.2. The predicted molar refractivity (Wildman–Crippen MR) is 140 cm³/mol. The first-order chi connectivity index (χ1) is 15.8. The van der Waals surface area contributed by atoms with Crippen molar-refractivity contribution >= 4 is 55.1 Å². The highest BCUT2D eigenvalue weighted by Crippen LogP contribution is 2.25. The molecule has 0 bridgehead atoms. The van der Waals surface area contributed by atoms with Gasteiger partial charge in [0.15, 0.2) is 0 Å². The lowest BCUT2D eigenvalue weighted by Crippen LogP contribution is -2.52. The van der Waals surface area contributed by atoms with E-state index in [4.69, 9.17) is 11.6 Å². The Morgan fingerprint density at radius 2 is 1.82 bits per heavy atom. The van der Waals surface area contributed by atoms with Crippen molar-refractivity contribution in [1.82, 2.24) is 10.2 Å². The van der Waals surface area contributed by atoms with Crippen LogP contribution >= 0.6 is 27.5 Å². The molecule has 0 saturated carbocycles. The Hall–Kier alpha value is -2.10. The second kappa shape index (κ2) is 12.0. The van der Waals surface area contributed by atoms with Gasteiger partial charge in [0.05, 0.1) is 11.9 Å². The molecular formula is C24H31BrClN3O4S. The van der Waals surface area contributed by atoms with Gasteiger partial charge in [0, 0.05) is 22.1 Å². The van der Waals surface area contributed by atoms with Crippen LogP contribution in [0.5, 0.6) is 0 Å². The van der Waals surface area contributed by atoms with Crippen LogP contribution in [0.25, 0.3) is 0 Å². The molecule has 0 saturated heterocycles. The van der Waals surface area contributed by atoms with Crippen molar-refractivity contribution in [3.63, 3.8) is 0 Å². The lowest BCUT2D eigenvalue weighted by atomic mass is 10.1. The number of carbonyl (C=O) groups excluding carboxylic acids is 2. The van der Waals surface area contributed by atoms with Gasteiger partial charge >= 0.3 is 0 Å². The first kappa shape index (κ1) is 28.1. The van der Waals surface area contributed by atoms with E-state index in [1.165, 1.54) is 4.90 Å². The molecular weight excluding hydrogens is 542 g/mol. The summed E-state index contributed by atoms with van der Waals surface area (Å²) in [5, 5.41) is 3.40. The fourth-order valence-corrected chi connectivity index (χ4v) is 4.58. The van der Waals surface area contributed by atoms with Crippen LogP contribution in [-0.2, 0) is 26.2 Å². The third-order valence-corrected chi connectivity index (χ3v) is 7.78. The fraction of sp³-hybridized carbons (Fsp3) is 0.417. The standard InChI is InChI=1S/C24H31BrClN3O4S/c1-6-17(3)27-24(31)18(4)28(14-19-8-7-9-20(26)13-19)23(30)15-29(34(5,32)33)21-10-11-22(25)16(2)12-21/h7-13,17-18H,6,14-15H2,1-5H3,(H,27,31). The van der Waals surface area contributed by atoms with Gasteiger partial charge in [-0.15, -0.1) is 0 Å². The summed E-state index contributed by atoms with van der Waals surface area (Å²) in [5.74, 6) is -0.812. The molecule has 2 aromatic rings. The van der Waals surface area contributed by atoms with Gasteiger partial charge in [-0.1, -0.05) is 46.6 Å². The molecule has 10 heteroatoms. The maximum absolute atomic E-state index is 13.5. The number of aryl methyl sites for hydroxylation is 1. The van der Waals surface area contributed by atoms with Crippen molar-refractivity contribution in [1.29, 1.82) is 0 Å². The van der Waals surface area contributed by atoms with Crippen LogP contribution in [-0.4, -0.2) is 50.0 Å². The Bertz CT molecular complexity index is 1140. The van der Waals surface area contributed by atoms with E-state index < -0.39 is 28.5 Å². The minimum atomic E-state index is -3.78. The smallest absolute Gasteiger partial charge is 0.244 e. The number of nitrogens with one attached hydrogen (secondary N) is 1. The predicted octanol–water partition coefficient (Wildman–Crippen LogP) is 4.51. The Kier molecular flexibility index (Phi) is 9.96. The molecule has 2 aromatic carbocycles. The topological polar surface area (TPSA) is 86.8 Å². The van der Waals surface area contributed by atoms with E-state index in [1.807, 2.05) is 20.8 Å². The molecule has 0 aromatic heterocycles. The molecule has 7 nitrogen and oxygen atoms in total. The second-order valence-electron chi connectivity index (χ2n) is 8.35. The van der Waals surface area contributed by atoms with Crippen LogP contribution in [0, 0.1) is 6.92 Å². The number of halogens is 2. The highest BCUT2D eigenvalue weighted by atomic mass is 79.9. The van der Waals surface area contributed by atoms with Crippen molar-refractivity contribution in [2.45, 2.75) is 52.7 Å². The molecule has 34 heavy (non-hydrogen) atoms. The van der Waals surface area contributed by atoms with Gasteiger partial charge in [-0.3, -0.25) is 13.9 Å². The first-order valence-corrected chi connectivity index (χ1v) is 13.9. The van der Waals surface area contributed by atoms with E-state index in [0.717, 1.165) is 32.6 Å². The maximum atomic E-state index is 13.5. The third-order valence-electron chi connectivity index (χ3n) is 5.52. The van der Waals surface area contributed by atoms with Gasteiger partial charge in [-0.2, -0.15) is 0 Å². The molecule has 0 aliphatic heterocycles.